The number of ether oxygens (including phenoxy) is 1. The molecule has 1 heterocycles. The topological polar surface area (TPSA) is 46.5 Å². The molecule has 2 aliphatic rings. The number of Topliss-reactive ketones (excluding diaryl/α,β-unsaturated/α-hetero) is 1. The van der Waals surface area contributed by atoms with Gasteiger partial charge in [0.15, 0.2) is 5.76 Å². The summed E-state index contributed by atoms with van der Waals surface area (Å²) >= 11 is 0. The van der Waals surface area contributed by atoms with Crippen LogP contribution in [0.2, 0.25) is 0 Å². The fraction of sp³-hybridized carbons (Fsp3) is 0.769. The zero-order valence-corrected chi connectivity index (χ0v) is 9.71. The number of hydrogen-bond acceptors (Lipinski definition) is 3. The lowest BCUT2D eigenvalue weighted by atomic mass is 9.88. The van der Waals surface area contributed by atoms with Gasteiger partial charge in [-0.15, -0.1) is 0 Å². The number of hydrogen-bond donors (Lipinski definition) is 1. The van der Waals surface area contributed by atoms with Crippen LogP contribution in [0, 0.1) is 0 Å². The molecule has 1 N–H and O–H groups in total. The monoisotopic (exact) mass is 224 g/mol. The summed E-state index contributed by atoms with van der Waals surface area (Å²) in [6.45, 7) is 0.605. The second-order valence-corrected chi connectivity index (χ2v) is 4.83. The van der Waals surface area contributed by atoms with Gasteiger partial charge < -0.3 is 9.84 Å². The Balaban J connectivity index is 2.08. The van der Waals surface area contributed by atoms with Crippen LogP contribution < -0.4 is 0 Å². The van der Waals surface area contributed by atoms with Crippen molar-refractivity contribution in [1.29, 1.82) is 0 Å². The highest BCUT2D eigenvalue weighted by Gasteiger charge is 2.38. The maximum absolute atomic E-state index is 12.2. The molecule has 16 heavy (non-hydrogen) atoms. The van der Waals surface area contributed by atoms with Gasteiger partial charge in [-0.1, -0.05) is 25.7 Å². The quantitative estimate of drug-likeness (QED) is 0.732. The SMILES string of the molecule is O=C(C1=CCCCO1)C1(O)CCCCCC1. The minimum absolute atomic E-state index is 0.186. The summed E-state index contributed by atoms with van der Waals surface area (Å²) in [5.41, 5.74) is -1.15. The van der Waals surface area contributed by atoms with Gasteiger partial charge in [0.1, 0.15) is 5.60 Å². The molecule has 1 saturated carbocycles. The molecule has 0 saturated heterocycles. The van der Waals surface area contributed by atoms with Crippen LogP contribution >= 0.6 is 0 Å². The molecule has 0 amide bonds. The smallest absolute Gasteiger partial charge is 0.228 e. The molecule has 1 aliphatic heterocycles. The molecular formula is C13H20O3. The fourth-order valence-electron chi connectivity index (χ4n) is 2.49. The van der Waals surface area contributed by atoms with Gasteiger partial charge in [-0.3, -0.25) is 4.79 Å². The van der Waals surface area contributed by atoms with E-state index in [0.717, 1.165) is 38.5 Å². The zero-order valence-electron chi connectivity index (χ0n) is 9.71. The highest BCUT2D eigenvalue weighted by atomic mass is 16.5. The molecule has 0 spiro atoms. The summed E-state index contributed by atoms with van der Waals surface area (Å²) in [6, 6.07) is 0. The van der Waals surface area contributed by atoms with Crippen molar-refractivity contribution in [3.8, 4) is 0 Å². The van der Waals surface area contributed by atoms with Gasteiger partial charge in [0.25, 0.3) is 0 Å². The van der Waals surface area contributed by atoms with Crippen LogP contribution in [0.4, 0.5) is 0 Å². The highest BCUT2D eigenvalue weighted by Crippen LogP contribution is 2.31. The van der Waals surface area contributed by atoms with Crippen molar-refractivity contribution in [2.45, 2.75) is 57.0 Å². The first-order valence-electron chi connectivity index (χ1n) is 6.32. The third kappa shape index (κ3) is 2.46. The maximum Gasteiger partial charge on any atom is 0.228 e. The minimum Gasteiger partial charge on any atom is -0.490 e. The number of rotatable bonds is 2. The Morgan fingerprint density at radius 1 is 1.19 bits per heavy atom. The number of carbonyl (C=O) groups is 1. The van der Waals surface area contributed by atoms with E-state index in [1.54, 1.807) is 0 Å². The molecule has 0 unspecified atom stereocenters. The molecule has 2 rings (SSSR count). The second kappa shape index (κ2) is 5.00. The van der Waals surface area contributed by atoms with E-state index in [9.17, 15) is 9.90 Å². The van der Waals surface area contributed by atoms with E-state index >= 15 is 0 Å². The zero-order chi connectivity index (χ0) is 11.4. The van der Waals surface area contributed by atoms with E-state index < -0.39 is 5.60 Å². The van der Waals surface area contributed by atoms with Crippen LogP contribution in [-0.2, 0) is 9.53 Å². The van der Waals surface area contributed by atoms with E-state index in [-0.39, 0.29) is 5.78 Å². The van der Waals surface area contributed by atoms with Crippen molar-refractivity contribution in [2.24, 2.45) is 0 Å². The van der Waals surface area contributed by atoms with E-state index in [2.05, 4.69) is 0 Å². The molecule has 0 atom stereocenters. The number of aliphatic hydroxyl groups is 1. The predicted octanol–water partition coefficient (Wildman–Crippen LogP) is 2.34. The summed E-state index contributed by atoms with van der Waals surface area (Å²) in [5, 5.41) is 10.4. The second-order valence-electron chi connectivity index (χ2n) is 4.83. The molecule has 0 bridgehead atoms. The van der Waals surface area contributed by atoms with Crippen LogP contribution in [0.1, 0.15) is 51.4 Å². The van der Waals surface area contributed by atoms with Crippen LogP contribution in [0.15, 0.2) is 11.8 Å². The third-order valence-corrected chi connectivity index (χ3v) is 3.51. The summed E-state index contributed by atoms with van der Waals surface area (Å²) in [7, 11) is 0. The average Bonchev–Trinajstić information content (AvgIpc) is 2.55. The standard InChI is InChI=1S/C13H20O3/c14-12(11-7-3-6-10-16-11)13(15)8-4-1-2-5-9-13/h7,15H,1-6,8-10H2. The third-order valence-electron chi connectivity index (χ3n) is 3.51. The Labute approximate surface area is 96.5 Å². The largest absolute Gasteiger partial charge is 0.490 e. The summed E-state index contributed by atoms with van der Waals surface area (Å²) in [5.74, 6) is 0.213. The first kappa shape index (κ1) is 11.6. The van der Waals surface area contributed by atoms with Crippen molar-refractivity contribution in [2.75, 3.05) is 6.61 Å². The average molecular weight is 224 g/mol. The molecule has 0 aromatic carbocycles. The Hall–Kier alpha value is -0.830. The van der Waals surface area contributed by atoms with Gasteiger partial charge in [-0.2, -0.15) is 0 Å². The Morgan fingerprint density at radius 2 is 1.88 bits per heavy atom. The molecule has 3 nitrogen and oxygen atoms in total. The fourth-order valence-corrected chi connectivity index (χ4v) is 2.49. The number of carbonyl (C=O) groups excluding carboxylic acids is 1. The number of allylic oxidation sites excluding steroid dienone is 1. The van der Waals surface area contributed by atoms with Gasteiger partial charge >= 0.3 is 0 Å². The van der Waals surface area contributed by atoms with Crippen molar-refractivity contribution in [1.82, 2.24) is 0 Å². The first-order valence-corrected chi connectivity index (χ1v) is 6.32. The normalized spacial score (nSPS) is 25.2. The first-order chi connectivity index (χ1) is 7.72. The maximum atomic E-state index is 12.2. The van der Waals surface area contributed by atoms with Crippen LogP contribution in [0.3, 0.4) is 0 Å². The van der Waals surface area contributed by atoms with Crippen LogP contribution in [-0.4, -0.2) is 23.1 Å². The minimum atomic E-state index is -1.15. The van der Waals surface area contributed by atoms with E-state index in [4.69, 9.17) is 4.74 Å². The van der Waals surface area contributed by atoms with Crippen LogP contribution in [0.25, 0.3) is 0 Å². The molecule has 3 heteroatoms. The summed E-state index contributed by atoms with van der Waals surface area (Å²) in [6.07, 6.45) is 8.98. The molecule has 0 aromatic rings. The summed E-state index contributed by atoms with van der Waals surface area (Å²) in [4.78, 5) is 12.2. The van der Waals surface area contributed by atoms with Crippen LogP contribution in [0.5, 0.6) is 0 Å². The lowest BCUT2D eigenvalue weighted by molar-refractivity contribution is -0.138. The molecule has 1 aliphatic carbocycles. The molecule has 1 fully saturated rings. The lowest BCUT2D eigenvalue weighted by Gasteiger charge is -2.27. The summed E-state index contributed by atoms with van der Waals surface area (Å²) < 4.78 is 5.35. The lowest BCUT2D eigenvalue weighted by Crippen LogP contribution is -2.40. The number of ketones is 1. The van der Waals surface area contributed by atoms with Gasteiger partial charge in [0.05, 0.1) is 6.61 Å². The Bertz CT molecular complexity index is 286. The van der Waals surface area contributed by atoms with Gasteiger partial charge in [-0.05, 0) is 31.8 Å². The Kier molecular flexibility index (Phi) is 3.64. The van der Waals surface area contributed by atoms with E-state index in [1.165, 1.54) is 0 Å². The predicted molar refractivity (Wildman–Crippen MR) is 60.9 cm³/mol. The van der Waals surface area contributed by atoms with E-state index in [0.29, 0.717) is 25.2 Å². The van der Waals surface area contributed by atoms with Gasteiger partial charge in [0, 0.05) is 0 Å². The molecule has 0 aromatic heterocycles. The van der Waals surface area contributed by atoms with Crippen molar-refractivity contribution >= 4 is 5.78 Å². The van der Waals surface area contributed by atoms with Gasteiger partial charge in [-0.25, -0.2) is 0 Å². The van der Waals surface area contributed by atoms with Gasteiger partial charge in [0.2, 0.25) is 5.78 Å². The molecular weight excluding hydrogens is 204 g/mol. The van der Waals surface area contributed by atoms with E-state index in [1.807, 2.05) is 6.08 Å². The van der Waals surface area contributed by atoms with Crippen molar-refractivity contribution in [3.63, 3.8) is 0 Å². The molecule has 90 valence electrons. The Morgan fingerprint density at radius 3 is 2.44 bits per heavy atom. The van der Waals surface area contributed by atoms with Crippen molar-refractivity contribution < 1.29 is 14.6 Å². The molecule has 0 radical (unpaired) electrons. The van der Waals surface area contributed by atoms with Crippen molar-refractivity contribution in [3.05, 3.63) is 11.8 Å². The highest BCUT2D eigenvalue weighted by molar-refractivity contribution is 6.00.